The number of guanidine groups is 1. The van der Waals surface area contributed by atoms with Gasteiger partial charge >= 0.3 is 6.09 Å². The number of nitrogens with zero attached hydrogens (tertiary/aromatic N) is 4. The molecule has 1 amide bonds. The Morgan fingerprint density at radius 2 is 2.11 bits per heavy atom. The van der Waals surface area contributed by atoms with Gasteiger partial charge in [-0.2, -0.15) is 0 Å². The summed E-state index contributed by atoms with van der Waals surface area (Å²) in [6, 6.07) is 8.48. The zero-order valence-electron chi connectivity index (χ0n) is 16.5. The molecule has 0 saturated carbocycles. The van der Waals surface area contributed by atoms with Crippen molar-refractivity contribution < 1.29 is 9.53 Å². The number of ether oxygens (including phenoxy) is 1. The highest BCUT2D eigenvalue weighted by Crippen LogP contribution is 2.14. The molecule has 1 aromatic carbocycles. The lowest BCUT2D eigenvalue weighted by Crippen LogP contribution is -2.49. The zero-order valence-corrected chi connectivity index (χ0v) is 16.5. The highest BCUT2D eigenvalue weighted by atomic mass is 16.6. The third-order valence-corrected chi connectivity index (χ3v) is 4.81. The summed E-state index contributed by atoms with van der Waals surface area (Å²) in [6.45, 7) is 4.27. The molecule has 2 aromatic rings. The van der Waals surface area contributed by atoms with Crippen LogP contribution >= 0.6 is 0 Å². The van der Waals surface area contributed by atoms with Gasteiger partial charge < -0.3 is 24.8 Å². The van der Waals surface area contributed by atoms with E-state index in [1.807, 2.05) is 29.8 Å². The van der Waals surface area contributed by atoms with Gasteiger partial charge in [0.1, 0.15) is 0 Å². The minimum atomic E-state index is -0.223. The van der Waals surface area contributed by atoms with E-state index in [1.165, 1.54) is 0 Å². The number of hydrogen-bond donors (Lipinski definition) is 2. The van der Waals surface area contributed by atoms with Crippen molar-refractivity contribution in [2.75, 3.05) is 26.7 Å². The third-order valence-electron chi connectivity index (χ3n) is 4.81. The third kappa shape index (κ3) is 5.03. The first-order chi connectivity index (χ1) is 13.7. The molecule has 1 aliphatic rings. The number of nitrogens with one attached hydrogen (secondary N) is 2. The number of para-hydroxylation sites is 1. The van der Waals surface area contributed by atoms with Crippen LogP contribution in [0.5, 0.6) is 0 Å². The molecule has 3 rings (SSSR count). The van der Waals surface area contributed by atoms with Crippen LogP contribution in [0.2, 0.25) is 0 Å². The summed E-state index contributed by atoms with van der Waals surface area (Å²) in [6.07, 6.45) is 7.01. The number of hydrogen-bond acceptors (Lipinski definition) is 4. The van der Waals surface area contributed by atoms with Gasteiger partial charge in [0, 0.05) is 45.1 Å². The maximum Gasteiger partial charge on any atom is 0.409 e. The van der Waals surface area contributed by atoms with Crippen LogP contribution in [0.1, 0.15) is 25.3 Å². The summed E-state index contributed by atoms with van der Waals surface area (Å²) in [4.78, 5) is 22.0. The number of rotatable bonds is 5. The summed E-state index contributed by atoms with van der Waals surface area (Å²) < 4.78 is 7.07. The molecular weight excluding hydrogens is 356 g/mol. The van der Waals surface area contributed by atoms with Gasteiger partial charge in [0.05, 0.1) is 18.6 Å². The van der Waals surface area contributed by atoms with Gasteiger partial charge in [0.25, 0.3) is 0 Å². The Bertz CT molecular complexity index is 782. The van der Waals surface area contributed by atoms with Gasteiger partial charge in [-0.1, -0.05) is 18.2 Å². The Morgan fingerprint density at radius 3 is 2.79 bits per heavy atom. The molecular formula is C20H28N6O2. The Balaban J connectivity index is 1.52. The lowest BCUT2D eigenvalue weighted by molar-refractivity contribution is 0.0963. The lowest BCUT2D eigenvalue weighted by Gasteiger charge is -2.32. The Morgan fingerprint density at radius 1 is 1.32 bits per heavy atom. The molecule has 0 atom stereocenters. The number of imidazole rings is 1. The molecule has 28 heavy (non-hydrogen) atoms. The number of aromatic nitrogens is 2. The molecule has 1 aromatic heterocycles. The predicted molar refractivity (Wildman–Crippen MR) is 109 cm³/mol. The van der Waals surface area contributed by atoms with Gasteiger partial charge in [-0.3, -0.25) is 4.99 Å². The van der Waals surface area contributed by atoms with Crippen LogP contribution in [0, 0.1) is 0 Å². The van der Waals surface area contributed by atoms with Crippen molar-refractivity contribution in [3.05, 3.63) is 48.5 Å². The van der Waals surface area contributed by atoms with Crippen LogP contribution in [0.25, 0.3) is 5.69 Å². The highest BCUT2D eigenvalue weighted by molar-refractivity contribution is 5.80. The van der Waals surface area contributed by atoms with Crippen LogP contribution in [0.15, 0.2) is 48.0 Å². The average molecular weight is 384 g/mol. The van der Waals surface area contributed by atoms with Gasteiger partial charge in [-0.25, -0.2) is 9.78 Å². The minimum absolute atomic E-state index is 0.223. The molecule has 1 aliphatic heterocycles. The fraction of sp³-hybridized carbons (Fsp3) is 0.450. The number of likely N-dealkylation sites (tertiary alicyclic amines) is 1. The molecule has 2 N–H and O–H groups in total. The van der Waals surface area contributed by atoms with E-state index in [-0.39, 0.29) is 12.1 Å². The van der Waals surface area contributed by atoms with Crippen LogP contribution in [0.3, 0.4) is 0 Å². The Kier molecular flexibility index (Phi) is 6.89. The largest absolute Gasteiger partial charge is 0.450 e. The predicted octanol–water partition coefficient (Wildman–Crippen LogP) is 2.16. The van der Waals surface area contributed by atoms with E-state index in [0.29, 0.717) is 26.2 Å². The number of amides is 1. The number of carbonyl (C=O) groups is 1. The maximum absolute atomic E-state index is 11.8. The maximum atomic E-state index is 11.8. The molecule has 1 saturated heterocycles. The molecule has 0 radical (unpaired) electrons. The van der Waals surface area contributed by atoms with Crippen LogP contribution in [-0.2, 0) is 11.3 Å². The normalized spacial score (nSPS) is 15.4. The SMILES string of the molecule is CCOC(=O)N1CCC(NC(=NC)NCc2ccccc2-n2ccnc2)CC1. The minimum Gasteiger partial charge on any atom is -0.450 e. The first kappa shape index (κ1) is 19.7. The quantitative estimate of drug-likeness (QED) is 0.610. The van der Waals surface area contributed by atoms with Crippen molar-refractivity contribution in [1.82, 2.24) is 25.1 Å². The fourth-order valence-corrected chi connectivity index (χ4v) is 3.30. The first-order valence-electron chi connectivity index (χ1n) is 9.66. The van der Waals surface area contributed by atoms with Crippen molar-refractivity contribution in [1.29, 1.82) is 0 Å². The van der Waals surface area contributed by atoms with E-state index < -0.39 is 0 Å². The molecule has 8 nitrogen and oxygen atoms in total. The Labute approximate surface area is 165 Å². The van der Waals surface area contributed by atoms with Gasteiger partial charge in [-0.05, 0) is 31.4 Å². The van der Waals surface area contributed by atoms with E-state index in [4.69, 9.17) is 4.74 Å². The van der Waals surface area contributed by atoms with Crippen molar-refractivity contribution in [2.45, 2.75) is 32.4 Å². The van der Waals surface area contributed by atoms with Crippen LogP contribution < -0.4 is 10.6 Å². The molecule has 8 heteroatoms. The second-order valence-corrected chi connectivity index (χ2v) is 6.63. The monoisotopic (exact) mass is 384 g/mol. The second kappa shape index (κ2) is 9.77. The van der Waals surface area contributed by atoms with E-state index in [9.17, 15) is 4.79 Å². The smallest absolute Gasteiger partial charge is 0.409 e. The summed E-state index contributed by atoms with van der Waals surface area (Å²) in [5, 5.41) is 6.85. The summed E-state index contributed by atoms with van der Waals surface area (Å²) in [5.74, 6) is 0.759. The molecule has 0 spiro atoms. The molecule has 150 valence electrons. The molecule has 2 heterocycles. The fourth-order valence-electron chi connectivity index (χ4n) is 3.30. The zero-order chi connectivity index (χ0) is 19.8. The summed E-state index contributed by atoms with van der Waals surface area (Å²) in [7, 11) is 1.77. The van der Waals surface area contributed by atoms with E-state index in [2.05, 4.69) is 32.7 Å². The summed E-state index contributed by atoms with van der Waals surface area (Å²) in [5.41, 5.74) is 2.24. The molecule has 0 bridgehead atoms. The van der Waals surface area contributed by atoms with Crippen molar-refractivity contribution in [3.8, 4) is 5.69 Å². The second-order valence-electron chi connectivity index (χ2n) is 6.63. The van der Waals surface area contributed by atoms with Crippen molar-refractivity contribution in [2.24, 2.45) is 4.99 Å². The lowest BCUT2D eigenvalue weighted by atomic mass is 10.1. The van der Waals surface area contributed by atoms with Crippen molar-refractivity contribution >= 4 is 12.1 Å². The van der Waals surface area contributed by atoms with E-state index >= 15 is 0 Å². The van der Waals surface area contributed by atoms with Gasteiger partial charge in [0.15, 0.2) is 5.96 Å². The number of benzene rings is 1. The van der Waals surface area contributed by atoms with Crippen LogP contribution in [0.4, 0.5) is 4.79 Å². The topological polar surface area (TPSA) is 83.8 Å². The molecule has 1 fully saturated rings. The average Bonchev–Trinajstić information content (AvgIpc) is 3.26. The van der Waals surface area contributed by atoms with Crippen LogP contribution in [-0.4, -0.2) is 59.3 Å². The Hall–Kier alpha value is -3.03. The number of carbonyl (C=O) groups excluding carboxylic acids is 1. The summed E-state index contributed by atoms with van der Waals surface area (Å²) >= 11 is 0. The van der Waals surface area contributed by atoms with E-state index in [0.717, 1.165) is 30.1 Å². The first-order valence-corrected chi connectivity index (χ1v) is 9.66. The van der Waals surface area contributed by atoms with Gasteiger partial charge in [-0.15, -0.1) is 0 Å². The molecule has 0 unspecified atom stereocenters. The molecule has 0 aliphatic carbocycles. The highest BCUT2D eigenvalue weighted by Gasteiger charge is 2.24. The van der Waals surface area contributed by atoms with Crippen molar-refractivity contribution in [3.63, 3.8) is 0 Å². The number of aliphatic imine (C=N–C) groups is 1. The van der Waals surface area contributed by atoms with E-state index in [1.54, 1.807) is 24.5 Å². The standard InChI is InChI=1S/C20H28N6O2/c1-3-28-20(27)25-11-8-17(9-12-25)24-19(21-2)23-14-16-6-4-5-7-18(16)26-13-10-22-15-26/h4-7,10,13,15,17H,3,8-9,11-12,14H2,1-2H3,(H2,21,23,24). The van der Waals surface area contributed by atoms with Gasteiger partial charge in [0.2, 0.25) is 0 Å². The number of piperidine rings is 1.